The monoisotopic (exact) mass is 212 g/mol. The molecule has 1 fully saturated rings. The largest absolute Gasteiger partial charge is 0.357 e. The van der Waals surface area contributed by atoms with Gasteiger partial charge in [-0.25, -0.2) is 0 Å². The van der Waals surface area contributed by atoms with Gasteiger partial charge in [-0.15, -0.1) is 0 Å². The minimum Gasteiger partial charge on any atom is -0.357 e. The maximum absolute atomic E-state index is 11.5. The van der Waals surface area contributed by atoms with Gasteiger partial charge in [0.15, 0.2) is 0 Å². The van der Waals surface area contributed by atoms with Crippen LogP contribution in [0.5, 0.6) is 0 Å². The molecule has 0 aliphatic heterocycles. The normalized spacial score (nSPS) is 18.5. The van der Waals surface area contributed by atoms with Crippen molar-refractivity contribution in [3.8, 4) is 0 Å². The third kappa shape index (κ3) is 3.90. The quantitative estimate of drug-likeness (QED) is 0.724. The van der Waals surface area contributed by atoms with Gasteiger partial charge in [0.2, 0.25) is 11.8 Å². The van der Waals surface area contributed by atoms with E-state index in [9.17, 15) is 9.59 Å². The van der Waals surface area contributed by atoms with Crippen molar-refractivity contribution in [1.82, 2.24) is 10.6 Å². The lowest BCUT2D eigenvalue weighted by Gasteiger charge is -2.14. The maximum atomic E-state index is 11.5. The number of hydrogen-bond donors (Lipinski definition) is 2. The molecule has 0 aromatic carbocycles. The van der Waals surface area contributed by atoms with Crippen LogP contribution in [-0.4, -0.2) is 24.9 Å². The third-order valence-electron chi connectivity index (χ3n) is 2.97. The Hall–Kier alpha value is -1.06. The van der Waals surface area contributed by atoms with Crippen molar-refractivity contribution in [3.05, 3.63) is 0 Å². The van der Waals surface area contributed by atoms with Crippen LogP contribution < -0.4 is 10.6 Å². The standard InChI is InChI=1S/C11H20N2O2/c1-8(11(15)12-2)13-10(14)7-9-5-3-4-6-9/h8-9H,3-7H2,1-2H3,(H,12,15)(H,13,14)/t8-/m1/s1. The number of carbonyl (C=O) groups is 2. The van der Waals surface area contributed by atoms with Crippen molar-refractivity contribution < 1.29 is 9.59 Å². The van der Waals surface area contributed by atoms with Crippen LogP contribution in [0, 0.1) is 5.92 Å². The molecule has 0 radical (unpaired) electrons. The van der Waals surface area contributed by atoms with Crippen LogP contribution in [0.25, 0.3) is 0 Å². The molecule has 1 atom stereocenters. The minimum absolute atomic E-state index is 0.00185. The highest BCUT2D eigenvalue weighted by molar-refractivity contribution is 5.87. The Morgan fingerprint density at radius 1 is 1.33 bits per heavy atom. The van der Waals surface area contributed by atoms with Crippen LogP contribution in [0.2, 0.25) is 0 Å². The number of amides is 2. The van der Waals surface area contributed by atoms with E-state index in [0.717, 1.165) is 12.8 Å². The summed E-state index contributed by atoms with van der Waals surface area (Å²) in [7, 11) is 1.57. The van der Waals surface area contributed by atoms with E-state index in [4.69, 9.17) is 0 Å². The smallest absolute Gasteiger partial charge is 0.242 e. The summed E-state index contributed by atoms with van der Waals surface area (Å²) in [5.74, 6) is 0.384. The highest BCUT2D eigenvalue weighted by Gasteiger charge is 2.20. The molecule has 86 valence electrons. The Kier molecular flexibility index (Phi) is 4.59. The molecule has 4 heteroatoms. The van der Waals surface area contributed by atoms with Crippen molar-refractivity contribution >= 4 is 11.8 Å². The van der Waals surface area contributed by atoms with Gasteiger partial charge in [-0.1, -0.05) is 12.8 Å². The SMILES string of the molecule is CNC(=O)[C@@H](C)NC(=O)CC1CCCC1. The molecule has 15 heavy (non-hydrogen) atoms. The van der Waals surface area contributed by atoms with Gasteiger partial charge in [0.1, 0.15) is 6.04 Å². The van der Waals surface area contributed by atoms with Gasteiger partial charge in [0.25, 0.3) is 0 Å². The number of hydrogen-bond acceptors (Lipinski definition) is 2. The van der Waals surface area contributed by atoms with Crippen LogP contribution >= 0.6 is 0 Å². The van der Waals surface area contributed by atoms with E-state index in [1.165, 1.54) is 12.8 Å². The average molecular weight is 212 g/mol. The maximum Gasteiger partial charge on any atom is 0.242 e. The molecule has 0 spiro atoms. The first-order valence-electron chi connectivity index (χ1n) is 5.64. The first-order chi connectivity index (χ1) is 7.13. The number of rotatable bonds is 4. The zero-order valence-corrected chi connectivity index (χ0v) is 9.51. The third-order valence-corrected chi connectivity index (χ3v) is 2.97. The van der Waals surface area contributed by atoms with Crippen molar-refractivity contribution in [1.29, 1.82) is 0 Å². The first-order valence-corrected chi connectivity index (χ1v) is 5.64. The Bertz CT molecular complexity index is 235. The zero-order valence-electron chi connectivity index (χ0n) is 9.51. The molecule has 1 aliphatic rings. The molecule has 0 unspecified atom stereocenters. The molecule has 4 nitrogen and oxygen atoms in total. The zero-order chi connectivity index (χ0) is 11.3. The second-order valence-electron chi connectivity index (χ2n) is 4.26. The van der Waals surface area contributed by atoms with Gasteiger partial charge < -0.3 is 10.6 Å². The Balaban J connectivity index is 2.25. The van der Waals surface area contributed by atoms with Gasteiger partial charge in [-0.05, 0) is 25.7 Å². The van der Waals surface area contributed by atoms with E-state index in [0.29, 0.717) is 12.3 Å². The van der Waals surface area contributed by atoms with Gasteiger partial charge in [0, 0.05) is 13.5 Å². The first kappa shape index (κ1) is 12.0. The van der Waals surface area contributed by atoms with Gasteiger partial charge >= 0.3 is 0 Å². The van der Waals surface area contributed by atoms with Crippen LogP contribution in [0.4, 0.5) is 0 Å². The van der Waals surface area contributed by atoms with Crippen molar-refractivity contribution in [2.24, 2.45) is 5.92 Å². The summed E-state index contributed by atoms with van der Waals surface area (Å²) in [6.07, 6.45) is 5.36. The van der Waals surface area contributed by atoms with Crippen molar-refractivity contribution in [3.63, 3.8) is 0 Å². The highest BCUT2D eigenvalue weighted by Crippen LogP contribution is 2.27. The second-order valence-corrected chi connectivity index (χ2v) is 4.26. The summed E-state index contributed by atoms with van der Waals surface area (Å²) >= 11 is 0. The fourth-order valence-corrected chi connectivity index (χ4v) is 2.06. The molecule has 2 N–H and O–H groups in total. The van der Waals surface area contributed by atoms with Crippen LogP contribution in [-0.2, 0) is 9.59 Å². The van der Waals surface area contributed by atoms with Gasteiger partial charge in [-0.3, -0.25) is 9.59 Å². The average Bonchev–Trinajstić information content (AvgIpc) is 2.68. The number of likely N-dealkylation sites (N-methyl/N-ethyl adjacent to an activating group) is 1. The molecular formula is C11H20N2O2. The van der Waals surface area contributed by atoms with E-state index in [-0.39, 0.29) is 11.8 Å². The Morgan fingerprint density at radius 3 is 2.47 bits per heavy atom. The topological polar surface area (TPSA) is 58.2 Å². The van der Waals surface area contributed by atoms with Crippen molar-refractivity contribution in [2.45, 2.75) is 45.1 Å². The van der Waals surface area contributed by atoms with Crippen LogP contribution in [0.1, 0.15) is 39.0 Å². The molecule has 0 aromatic heterocycles. The fourth-order valence-electron chi connectivity index (χ4n) is 2.06. The lowest BCUT2D eigenvalue weighted by molar-refractivity contribution is -0.128. The summed E-state index contributed by atoms with van der Waals surface area (Å²) in [4.78, 5) is 22.7. The van der Waals surface area contributed by atoms with Crippen LogP contribution in [0.15, 0.2) is 0 Å². The Labute approximate surface area is 90.8 Å². The predicted molar refractivity (Wildman–Crippen MR) is 58.2 cm³/mol. The summed E-state index contributed by atoms with van der Waals surface area (Å²) in [5.41, 5.74) is 0. The van der Waals surface area contributed by atoms with E-state index in [1.54, 1.807) is 14.0 Å². The summed E-state index contributed by atoms with van der Waals surface area (Å²) in [5, 5.41) is 5.22. The highest BCUT2D eigenvalue weighted by atomic mass is 16.2. The summed E-state index contributed by atoms with van der Waals surface area (Å²) in [6, 6.07) is -0.427. The molecular weight excluding hydrogens is 192 g/mol. The number of carbonyl (C=O) groups excluding carboxylic acids is 2. The predicted octanol–water partition coefficient (Wildman–Crippen LogP) is 0.817. The molecule has 0 bridgehead atoms. The van der Waals surface area contributed by atoms with Gasteiger partial charge in [0.05, 0.1) is 0 Å². The van der Waals surface area contributed by atoms with Gasteiger partial charge in [-0.2, -0.15) is 0 Å². The summed E-state index contributed by atoms with van der Waals surface area (Å²) in [6.45, 7) is 1.70. The lowest BCUT2D eigenvalue weighted by atomic mass is 10.0. The molecule has 0 aromatic rings. The molecule has 2 amide bonds. The van der Waals surface area contributed by atoms with E-state index >= 15 is 0 Å². The lowest BCUT2D eigenvalue weighted by Crippen LogP contribution is -2.43. The Morgan fingerprint density at radius 2 is 1.93 bits per heavy atom. The molecule has 0 saturated heterocycles. The van der Waals surface area contributed by atoms with Crippen molar-refractivity contribution in [2.75, 3.05) is 7.05 Å². The molecule has 1 rings (SSSR count). The van der Waals surface area contributed by atoms with E-state index < -0.39 is 6.04 Å². The molecule has 0 heterocycles. The molecule has 1 saturated carbocycles. The van der Waals surface area contributed by atoms with E-state index in [1.807, 2.05) is 0 Å². The minimum atomic E-state index is -0.427. The fraction of sp³-hybridized carbons (Fsp3) is 0.818. The number of nitrogens with one attached hydrogen (secondary N) is 2. The van der Waals surface area contributed by atoms with Crippen LogP contribution in [0.3, 0.4) is 0 Å². The summed E-state index contributed by atoms with van der Waals surface area (Å²) < 4.78 is 0. The second kappa shape index (κ2) is 5.73. The van der Waals surface area contributed by atoms with E-state index in [2.05, 4.69) is 10.6 Å². The molecule has 1 aliphatic carbocycles.